The normalized spacial score (nSPS) is 17.0. The predicted molar refractivity (Wildman–Crippen MR) is 151 cm³/mol. The summed E-state index contributed by atoms with van der Waals surface area (Å²) in [5, 5.41) is 7.68. The van der Waals surface area contributed by atoms with Crippen molar-refractivity contribution in [2.75, 3.05) is 46.6 Å². The monoisotopic (exact) mass is 593 g/mol. The molecular weight excluding hydrogens is 558 g/mol. The van der Waals surface area contributed by atoms with Crippen LogP contribution in [0.3, 0.4) is 0 Å². The minimum Gasteiger partial charge on any atom is -0.493 e. The van der Waals surface area contributed by atoms with E-state index in [9.17, 15) is 8.42 Å². The summed E-state index contributed by atoms with van der Waals surface area (Å²) in [6, 6.07) is 7.21. The van der Waals surface area contributed by atoms with Crippen molar-refractivity contribution in [1.82, 2.24) is 14.4 Å². The average Bonchev–Trinajstić information content (AvgIpc) is 3.67. The number of methoxy groups -OCH3 is 4. The van der Waals surface area contributed by atoms with Crippen LogP contribution in [-0.2, 0) is 14.6 Å². The van der Waals surface area contributed by atoms with Gasteiger partial charge in [-0.1, -0.05) is 12.1 Å². The van der Waals surface area contributed by atoms with Crippen molar-refractivity contribution in [3.05, 3.63) is 47.8 Å². The van der Waals surface area contributed by atoms with E-state index in [0.717, 1.165) is 12.0 Å². The van der Waals surface area contributed by atoms with Gasteiger partial charge in [-0.25, -0.2) is 8.42 Å². The molecule has 1 aliphatic heterocycles. The Morgan fingerprint density at radius 1 is 0.925 bits per heavy atom. The first-order valence-corrected chi connectivity index (χ1v) is 15.5. The third-order valence-corrected chi connectivity index (χ3v) is 9.20. The van der Waals surface area contributed by atoms with E-state index < -0.39 is 9.84 Å². The first-order valence-electron chi connectivity index (χ1n) is 12.9. The summed E-state index contributed by atoms with van der Waals surface area (Å²) in [6.45, 7) is 2.08. The molecule has 40 heavy (non-hydrogen) atoms. The third kappa shape index (κ3) is 6.58. The maximum Gasteiger partial charge on any atom is 0.203 e. The Hall–Kier alpha value is -3.16. The first-order chi connectivity index (χ1) is 19.3. The number of benzene rings is 2. The SMILES string of the molecule is CCCS(=O)(=O)c1cc([C@@H]2CC[C@@H](c3cc(OC)c(OC)c(OC)c3)O2)cc(OC)c1OCCSn1ccnn1. The van der Waals surface area contributed by atoms with E-state index in [0.29, 0.717) is 47.2 Å². The van der Waals surface area contributed by atoms with Gasteiger partial charge in [-0.2, -0.15) is 4.09 Å². The summed E-state index contributed by atoms with van der Waals surface area (Å²) < 4.78 is 62.9. The van der Waals surface area contributed by atoms with E-state index >= 15 is 0 Å². The smallest absolute Gasteiger partial charge is 0.203 e. The second-order valence-electron chi connectivity index (χ2n) is 9.01. The van der Waals surface area contributed by atoms with Crippen molar-refractivity contribution in [3.8, 4) is 28.7 Å². The van der Waals surface area contributed by atoms with Crippen LogP contribution in [0.25, 0.3) is 0 Å². The van der Waals surface area contributed by atoms with Crippen molar-refractivity contribution in [2.45, 2.75) is 43.3 Å². The summed E-state index contributed by atoms with van der Waals surface area (Å²) in [5.41, 5.74) is 1.60. The fourth-order valence-electron chi connectivity index (χ4n) is 4.64. The van der Waals surface area contributed by atoms with Crippen LogP contribution in [0.15, 0.2) is 41.6 Å². The molecule has 2 heterocycles. The van der Waals surface area contributed by atoms with Crippen molar-refractivity contribution >= 4 is 21.8 Å². The summed E-state index contributed by atoms with van der Waals surface area (Å²) in [6.07, 6.45) is 4.61. The number of sulfone groups is 1. The van der Waals surface area contributed by atoms with Gasteiger partial charge in [0.25, 0.3) is 0 Å². The highest BCUT2D eigenvalue weighted by Crippen LogP contribution is 2.48. The molecule has 11 nitrogen and oxygen atoms in total. The van der Waals surface area contributed by atoms with E-state index in [-0.39, 0.29) is 35.2 Å². The van der Waals surface area contributed by atoms with Gasteiger partial charge in [0.2, 0.25) is 5.75 Å². The molecule has 2 atom stereocenters. The Morgan fingerprint density at radius 3 is 2.05 bits per heavy atom. The van der Waals surface area contributed by atoms with E-state index in [2.05, 4.69) is 10.3 Å². The number of hydrogen-bond acceptors (Lipinski definition) is 11. The Bertz CT molecular complexity index is 1360. The molecule has 0 amide bonds. The van der Waals surface area contributed by atoms with Crippen LogP contribution in [0.1, 0.15) is 49.5 Å². The number of aromatic nitrogens is 3. The summed E-state index contributed by atoms with van der Waals surface area (Å²) in [4.78, 5) is 0.106. The van der Waals surface area contributed by atoms with Crippen LogP contribution in [0.4, 0.5) is 0 Å². The van der Waals surface area contributed by atoms with E-state index in [1.165, 1.54) is 19.1 Å². The quantitative estimate of drug-likeness (QED) is 0.243. The van der Waals surface area contributed by atoms with Gasteiger partial charge in [0, 0.05) is 5.75 Å². The second-order valence-corrected chi connectivity index (χ2v) is 12.1. The molecule has 1 saturated heterocycles. The number of rotatable bonds is 14. The molecular formula is C27H35N3O8S2. The van der Waals surface area contributed by atoms with Crippen molar-refractivity contribution in [1.29, 1.82) is 0 Å². The standard InChI is InChI=1S/C27H35N3O8S2/c1-6-13-40(31,32)25-17-19(16-24(35-4)27(25)37-11-12-39-30-10-9-28-29-30)21-8-7-20(38-21)18-14-22(33-2)26(36-5)23(15-18)34-3/h9-10,14-17,20-21H,6-8,11-13H2,1-5H3/t20-,21-/m0/s1. The fraction of sp³-hybridized carbons (Fsp3) is 0.481. The van der Waals surface area contributed by atoms with Gasteiger partial charge in [0.15, 0.2) is 32.8 Å². The lowest BCUT2D eigenvalue weighted by Gasteiger charge is -2.21. The summed E-state index contributed by atoms with van der Waals surface area (Å²) >= 11 is 1.39. The molecule has 3 aromatic rings. The summed E-state index contributed by atoms with van der Waals surface area (Å²) in [5.74, 6) is 2.67. The zero-order chi connectivity index (χ0) is 28.7. The first kappa shape index (κ1) is 29.8. The third-order valence-electron chi connectivity index (χ3n) is 6.48. The number of nitrogens with zero attached hydrogens (tertiary/aromatic N) is 3. The van der Waals surface area contributed by atoms with Gasteiger partial charge in [-0.15, -0.1) is 5.10 Å². The minimum absolute atomic E-state index is 0.0107. The minimum atomic E-state index is -3.64. The zero-order valence-corrected chi connectivity index (χ0v) is 24.9. The van der Waals surface area contributed by atoms with Crippen LogP contribution >= 0.6 is 11.9 Å². The Labute approximate surface area is 239 Å². The van der Waals surface area contributed by atoms with E-state index in [4.69, 9.17) is 28.4 Å². The van der Waals surface area contributed by atoms with Crippen molar-refractivity contribution in [2.24, 2.45) is 0 Å². The Morgan fingerprint density at radius 2 is 1.52 bits per heavy atom. The molecule has 0 aliphatic carbocycles. The molecule has 0 N–H and O–H groups in total. The van der Waals surface area contributed by atoms with Crippen molar-refractivity contribution < 1.29 is 36.8 Å². The van der Waals surface area contributed by atoms with Gasteiger partial charge >= 0.3 is 0 Å². The lowest BCUT2D eigenvalue weighted by atomic mass is 10.0. The van der Waals surface area contributed by atoms with Gasteiger partial charge in [-0.05, 0) is 66.6 Å². The molecule has 0 saturated carbocycles. The maximum atomic E-state index is 13.4. The number of hydrogen-bond donors (Lipinski definition) is 0. The van der Waals surface area contributed by atoms with Crippen LogP contribution in [0.5, 0.6) is 28.7 Å². The maximum absolute atomic E-state index is 13.4. The molecule has 0 unspecified atom stereocenters. The molecule has 13 heteroatoms. The molecule has 218 valence electrons. The predicted octanol–water partition coefficient (Wildman–Crippen LogP) is 4.66. The highest BCUT2D eigenvalue weighted by molar-refractivity contribution is 7.97. The lowest BCUT2D eigenvalue weighted by Crippen LogP contribution is -2.13. The largest absolute Gasteiger partial charge is 0.493 e. The van der Waals surface area contributed by atoms with Gasteiger partial charge in [-0.3, -0.25) is 0 Å². The van der Waals surface area contributed by atoms with Gasteiger partial charge < -0.3 is 28.4 Å². The van der Waals surface area contributed by atoms with Crippen LogP contribution < -0.4 is 23.7 Å². The molecule has 0 radical (unpaired) electrons. The molecule has 2 aromatic carbocycles. The van der Waals surface area contributed by atoms with Crippen LogP contribution in [0, 0.1) is 0 Å². The highest BCUT2D eigenvalue weighted by atomic mass is 32.2. The summed E-state index contributed by atoms with van der Waals surface area (Å²) in [7, 11) is 2.56. The Kier molecular flexibility index (Phi) is 10.0. The van der Waals surface area contributed by atoms with Gasteiger partial charge in [0.1, 0.15) is 4.90 Å². The number of ether oxygens (including phenoxy) is 6. The Balaban J connectivity index is 1.61. The molecule has 1 aliphatic rings. The molecule has 1 aromatic heterocycles. The molecule has 0 bridgehead atoms. The lowest BCUT2D eigenvalue weighted by molar-refractivity contribution is 0.0435. The highest BCUT2D eigenvalue weighted by Gasteiger charge is 2.32. The average molecular weight is 594 g/mol. The van der Waals surface area contributed by atoms with Gasteiger partial charge in [0.05, 0.1) is 65.4 Å². The van der Waals surface area contributed by atoms with E-state index in [1.807, 2.05) is 19.1 Å². The fourth-order valence-corrected chi connectivity index (χ4v) is 6.74. The zero-order valence-electron chi connectivity index (χ0n) is 23.3. The van der Waals surface area contributed by atoms with E-state index in [1.54, 1.807) is 49.9 Å². The molecule has 0 spiro atoms. The second kappa shape index (κ2) is 13.5. The van der Waals surface area contributed by atoms with Crippen LogP contribution in [-0.4, -0.2) is 69.4 Å². The van der Waals surface area contributed by atoms with Crippen LogP contribution in [0.2, 0.25) is 0 Å². The van der Waals surface area contributed by atoms with Crippen molar-refractivity contribution in [3.63, 3.8) is 0 Å². The molecule has 1 fully saturated rings. The topological polar surface area (TPSA) is 120 Å². The molecule has 4 rings (SSSR count).